The SMILES string of the molecule is CCC(CO)CNCc1ccccn1. The monoisotopic (exact) mass is 194 g/mol. The number of hydrogen-bond donors (Lipinski definition) is 2. The van der Waals surface area contributed by atoms with Crippen molar-refractivity contribution in [2.75, 3.05) is 13.2 Å². The molecule has 2 N–H and O–H groups in total. The predicted octanol–water partition coefficient (Wildman–Crippen LogP) is 1.19. The van der Waals surface area contributed by atoms with Crippen LogP contribution in [-0.4, -0.2) is 23.2 Å². The van der Waals surface area contributed by atoms with Crippen molar-refractivity contribution in [2.24, 2.45) is 5.92 Å². The Morgan fingerprint density at radius 2 is 2.36 bits per heavy atom. The number of aromatic nitrogens is 1. The third kappa shape index (κ3) is 3.85. The Bertz CT molecular complexity index is 234. The van der Waals surface area contributed by atoms with Crippen molar-refractivity contribution in [2.45, 2.75) is 19.9 Å². The summed E-state index contributed by atoms with van der Waals surface area (Å²) in [5.41, 5.74) is 1.04. The first-order valence-electron chi connectivity index (χ1n) is 5.08. The molecule has 1 atom stereocenters. The van der Waals surface area contributed by atoms with Crippen LogP contribution in [0.1, 0.15) is 19.0 Å². The molecule has 1 unspecified atom stereocenters. The highest BCUT2D eigenvalue weighted by molar-refractivity contribution is 5.02. The minimum Gasteiger partial charge on any atom is -0.396 e. The van der Waals surface area contributed by atoms with Crippen molar-refractivity contribution in [3.63, 3.8) is 0 Å². The summed E-state index contributed by atoms with van der Waals surface area (Å²) in [6.07, 6.45) is 2.80. The van der Waals surface area contributed by atoms with E-state index in [4.69, 9.17) is 5.11 Å². The Hall–Kier alpha value is -0.930. The van der Waals surface area contributed by atoms with Crippen molar-refractivity contribution in [1.29, 1.82) is 0 Å². The van der Waals surface area contributed by atoms with Crippen molar-refractivity contribution in [1.82, 2.24) is 10.3 Å². The molecule has 3 heteroatoms. The average molecular weight is 194 g/mol. The van der Waals surface area contributed by atoms with Gasteiger partial charge in [0.05, 0.1) is 5.69 Å². The molecule has 78 valence electrons. The minimum absolute atomic E-state index is 0.256. The molecule has 0 saturated carbocycles. The molecule has 1 heterocycles. The van der Waals surface area contributed by atoms with E-state index in [0.717, 1.165) is 25.2 Å². The molecule has 0 saturated heterocycles. The lowest BCUT2D eigenvalue weighted by atomic mass is 10.1. The van der Waals surface area contributed by atoms with Gasteiger partial charge in [-0.2, -0.15) is 0 Å². The zero-order valence-corrected chi connectivity index (χ0v) is 8.61. The first kappa shape index (κ1) is 11.1. The molecule has 1 rings (SSSR count). The summed E-state index contributed by atoms with van der Waals surface area (Å²) in [6.45, 7) is 3.97. The summed E-state index contributed by atoms with van der Waals surface area (Å²) in [6, 6.07) is 5.88. The molecule has 1 aromatic rings. The van der Waals surface area contributed by atoms with Crippen molar-refractivity contribution in [3.8, 4) is 0 Å². The number of hydrogen-bond acceptors (Lipinski definition) is 3. The molecule has 0 radical (unpaired) electrons. The molecular formula is C11H18N2O. The van der Waals surface area contributed by atoms with Crippen molar-refractivity contribution < 1.29 is 5.11 Å². The van der Waals surface area contributed by atoms with Gasteiger partial charge in [0.2, 0.25) is 0 Å². The van der Waals surface area contributed by atoms with E-state index in [1.807, 2.05) is 18.2 Å². The standard InChI is InChI=1S/C11H18N2O/c1-2-10(9-14)7-12-8-11-5-3-4-6-13-11/h3-6,10,12,14H,2,7-9H2,1H3. The van der Waals surface area contributed by atoms with Crippen LogP contribution in [-0.2, 0) is 6.54 Å². The van der Waals surface area contributed by atoms with Crippen LogP contribution in [0.5, 0.6) is 0 Å². The fourth-order valence-electron chi connectivity index (χ4n) is 1.25. The molecular weight excluding hydrogens is 176 g/mol. The van der Waals surface area contributed by atoms with E-state index in [2.05, 4.69) is 17.2 Å². The minimum atomic E-state index is 0.256. The molecule has 3 nitrogen and oxygen atoms in total. The number of nitrogens with zero attached hydrogens (tertiary/aromatic N) is 1. The van der Waals surface area contributed by atoms with Crippen molar-refractivity contribution in [3.05, 3.63) is 30.1 Å². The van der Waals surface area contributed by atoms with Crippen LogP contribution in [0.4, 0.5) is 0 Å². The van der Waals surface area contributed by atoms with E-state index < -0.39 is 0 Å². The van der Waals surface area contributed by atoms with Gasteiger partial charge in [-0.1, -0.05) is 13.0 Å². The first-order valence-corrected chi connectivity index (χ1v) is 5.08. The van der Waals surface area contributed by atoms with Gasteiger partial charge in [-0.15, -0.1) is 0 Å². The van der Waals surface area contributed by atoms with Gasteiger partial charge >= 0.3 is 0 Å². The van der Waals surface area contributed by atoms with Crippen LogP contribution in [0.25, 0.3) is 0 Å². The maximum atomic E-state index is 8.97. The molecule has 0 aromatic carbocycles. The lowest BCUT2D eigenvalue weighted by Crippen LogP contribution is -2.24. The predicted molar refractivity (Wildman–Crippen MR) is 56.8 cm³/mol. The van der Waals surface area contributed by atoms with E-state index in [0.29, 0.717) is 5.92 Å². The van der Waals surface area contributed by atoms with Crippen LogP contribution in [0.2, 0.25) is 0 Å². The topological polar surface area (TPSA) is 45.1 Å². The lowest BCUT2D eigenvalue weighted by Gasteiger charge is -2.11. The normalized spacial score (nSPS) is 12.7. The molecule has 0 aliphatic rings. The average Bonchev–Trinajstić information content (AvgIpc) is 2.26. The third-order valence-electron chi connectivity index (χ3n) is 2.30. The number of aliphatic hydroxyl groups excluding tert-OH is 1. The Morgan fingerprint density at radius 1 is 1.50 bits per heavy atom. The quantitative estimate of drug-likeness (QED) is 0.715. The summed E-state index contributed by atoms with van der Waals surface area (Å²) in [4.78, 5) is 4.20. The largest absolute Gasteiger partial charge is 0.396 e. The Balaban J connectivity index is 2.21. The molecule has 0 aliphatic carbocycles. The van der Waals surface area contributed by atoms with Crippen LogP contribution in [0.15, 0.2) is 24.4 Å². The van der Waals surface area contributed by atoms with Gasteiger partial charge in [0, 0.05) is 25.9 Å². The van der Waals surface area contributed by atoms with Gasteiger partial charge in [0.15, 0.2) is 0 Å². The smallest absolute Gasteiger partial charge is 0.0541 e. The van der Waals surface area contributed by atoms with Gasteiger partial charge in [-0.25, -0.2) is 0 Å². The zero-order valence-electron chi connectivity index (χ0n) is 8.61. The second-order valence-corrected chi connectivity index (χ2v) is 3.41. The summed E-state index contributed by atoms with van der Waals surface area (Å²) < 4.78 is 0. The third-order valence-corrected chi connectivity index (χ3v) is 2.30. The number of rotatable bonds is 6. The van der Waals surface area contributed by atoms with E-state index >= 15 is 0 Å². The fraction of sp³-hybridized carbons (Fsp3) is 0.545. The van der Waals surface area contributed by atoms with Gasteiger partial charge in [-0.3, -0.25) is 4.98 Å². The molecule has 0 amide bonds. The maximum absolute atomic E-state index is 8.97. The van der Waals surface area contributed by atoms with E-state index in [1.165, 1.54) is 0 Å². The number of pyridine rings is 1. The molecule has 0 fully saturated rings. The van der Waals surface area contributed by atoms with Crippen LogP contribution in [0, 0.1) is 5.92 Å². The van der Waals surface area contributed by atoms with Crippen molar-refractivity contribution >= 4 is 0 Å². The summed E-state index contributed by atoms with van der Waals surface area (Å²) in [7, 11) is 0. The van der Waals surface area contributed by atoms with Crippen LogP contribution < -0.4 is 5.32 Å². The highest BCUT2D eigenvalue weighted by atomic mass is 16.3. The Kier molecular flexibility index (Phi) is 5.19. The molecule has 1 aromatic heterocycles. The van der Waals surface area contributed by atoms with Gasteiger partial charge < -0.3 is 10.4 Å². The summed E-state index contributed by atoms with van der Waals surface area (Å²) in [5.74, 6) is 0.360. The Labute approximate surface area is 85.2 Å². The fourth-order valence-corrected chi connectivity index (χ4v) is 1.25. The Morgan fingerprint density at radius 3 is 2.93 bits per heavy atom. The molecule has 0 aliphatic heterocycles. The number of aliphatic hydroxyl groups is 1. The van der Waals surface area contributed by atoms with Gasteiger partial charge in [0.25, 0.3) is 0 Å². The first-order chi connectivity index (χ1) is 6.86. The second-order valence-electron chi connectivity index (χ2n) is 3.41. The van der Waals surface area contributed by atoms with E-state index in [9.17, 15) is 0 Å². The summed E-state index contributed by atoms with van der Waals surface area (Å²) >= 11 is 0. The van der Waals surface area contributed by atoms with Gasteiger partial charge in [-0.05, 0) is 24.5 Å². The summed E-state index contributed by atoms with van der Waals surface area (Å²) in [5, 5.41) is 12.2. The molecule has 0 bridgehead atoms. The second kappa shape index (κ2) is 6.51. The van der Waals surface area contributed by atoms with Gasteiger partial charge in [0.1, 0.15) is 0 Å². The lowest BCUT2D eigenvalue weighted by molar-refractivity contribution is 0.218. The highest BCUT2D eigenvalue weighted by Crippen LogP contribution is 1.99. The maximum Gasteiger partial charge on any atom is 0.0541 e. The van der Waals surface area contributed by atoms with Crippen LogP contribution in [0.3, 0.4) is 0 Å². The number of nitrogens with one attached hydrogen (secondary N) is 1. The zero-order chi connectivity index (χ0) is 10.2. The molecule has 14 heavy (non-hydrogen) atoms. The molecule has 0 spiro atoms. The highest BCUT2D eigenvalue weighted by Gasteiger charge is 2.03. The van der Waals surface area contributed by atoms with Crippen LogP contribution >= 0.6 is 0 Å². The van der Waals surface area contributed by atoms with E-state index in [-0.39, 0.29) is 6.61 Å². The van der Waals surface area contributed by atoms with E-state index in [1.54, 1.807) is 6.20 Å².